The molecule has 9 heteroatoms. The zero-order valence-electron chi connectivity index (χ0n) is 18.9. The molecule has 1 fully saturated rings. The highest BCUT2D eigenvalue weighted by Gasteiger charge is 2.46. The number of ether oxygens (including phenoxy) is 2. The first-order valence-electron chi connectivity index (χ1n) is 11.1. The molecule has 3 N–H and O–H groups in total. The highest BCUT2D eigenvalue weighted by atomic mass is 16.6. The lowest BCUT2D eigenvalue weighted by Crippen LogP contribution is -2.47. The van der Waals surface area contributed by atoms with E-state index in [9.17, 15) is 14.7 Å². The van der Waals surface area contributed by atoms with Crippen LogP contribution < -0.4 is 15.4 Å². The number of carbonyl (C=O) groups excluding carboxylic acids is 2. The number of anilines is 1. The molecule has 1 aromatic heterocycles. The van der Waals surface area contributed by atoms with Gasteiger partial charge in [-0.1, -0.05) is 0 Å². The number of nitrogens with zero attached hydrogens (tertiary/aromatic N) is 2. The van der Waals surface area contributed by atoms with E-state index < -0.39 is 6.10 Å². The van der Waals surface area contributed by atoms with Crippen molar-refractivity contribution < 1.29 is 24.2 Å². The van der Waals surface area contributed by atoms with Crippen LogP contribution in [-0.4, -0.2) is 72.4 Å². The molecule has 0 unspecified atom stereocenters. The van der Waals surface area contributed by atoms with Crippen LogP contribution in [0.1, 0.15) is 29.9 Å². The summed E-state index contributed by atoms with van der Waals surface area (Å²) in [5.74, 6) is 0.477. The third-order valence-corrected chi connectivity index (χ3v) is 5.90. The van der Waals surface area contributed by atoms with Crippen LogP contribution in [0.25, 0.3) is 0 Å². The number of aliphatic hydroxyl groups is 1. The zero-order chi connectivity index (χ0) is 23.4. The summed E-state index contributed by atoms with van der Waals surface area (Å²) < 4.78 is 12.1. The van der Waals surface area contributed by atoms with E-state index in [1.54, 1.807) is 17.3 Å². The van der Waals surface area contributed by atoms with Crippen molar-refractivity contribution in [3.05, 3.63) is 53.9 Å². The van der Waals surface area contributed by atoms with Gasteiger partial charge in [0.25, 0.3) is 0 Å². The Morgan fingerprint density at radius 1 is 1.18 bits per heavy atom. The number of likely N-dealkylation sites (N-methyl/N-ethyl adjacent to an activating group) is 1. The number of benzene rings is 1. The number of carbonyl (C=O) groups is 2. The lowest BCUT2D eigenvalue weighted by molar-refractivity contribution is -0.142. The molecule has 2 aliphatic heterocycles. The summed E-state index contributed by atoms with van der Waals surface area (Å²) in [7, 11) is 3.68. The Hall–Kier alpha value is -3.01. The van der Waals surface area contributed by atoms with Crippen molar-refractivity contribution in [3.63, 3.8) is 0 Å². The predicted molar refractivity (Wildman–Crippen MR) is 122 cm³/mol. The molecule has 33 heavy (non-hydrogen) atoms. The van der Waals surface area contributed by atoms with Gasteiger partial charge in [0.1, 0.15) is 18.0 Å². The van der Waals surface area contributed by atoms with E-state index >= 15 is 0 Å². The maximum Gasteiger partial charge on any atom is 0.238 e. The van der Waals surface area contributed by atoms with Crippen LogP contribution in [0.5, 0.6) is 5.75 Å². The van der Waals surface area contributed by atoms with Crippen molar-refractivity contribution >= 4 is 17.5 Å². The van der Waals surface area contributed by atoms with Gasteiger partial charge in [-0.15, -0.1) is 0 Å². The van der Waals surface area contributed by atoms with Crippen LogP contribution in [0, 0.1) is 0 Å². The second-order valence-electron chi connectivity index (χ2n) is 8.78. The fourth-order valence-electron chi connectivity index (χ4n) is 4.43. The van der Waals surface area contributed by atoms with E-state index in [0.29, 0.717) is 18.7 Å². The largest absolute Gasteiger partial charge is 0.487 e. The van der Waals surface area contributed by atoms with Gasteiger partial charge in [-0.25, -0.2) is 0 Å². The summed E-state index contributed by atoms with van der Waals surface area (Å²) in [6.07, 6.45) is 2.96. The molecule has 9 nitrogen and oxygen atoms in total. The Balaban J connectivity index is 1.42. The van der Waals surface area contributed by atoms with Gasteiger partial charge in [0.15, 0.2) is 0 Å². The lowest BCUT2D eigenvalue weighted by atomic mass is 9.84. The van der Waals surface area contributed by atoms with Crippen molar-refractivity contribution in [1.82, 2.24) is 15.2 Å². The molecule has 0 saturated carbocycles. The second-order valence-corrected chi connectivity index (χ2v) is 8.78. The zero-order valence-corrected chi connectivity index (χ0v) is 18.9. The average molecular weight is 455 g/mol. The third-order valence-electron chi connectivity index (χ3n) is 5.90. The van der Waals surface area contributed by atoms with Gasteiger partial charge in [0, 0.05) is 36.1 Å². The topological polar surface area (TPSA) is 113 Å². The lowest BCUT2D eigenvalue weighted by Gasteiger charge is -2.37. The number of aliphatic hydroxyl groups excluding tert-OH is 1. The van der Waals surface area contributed by atoms with Crippen molar-refractivity contribution in [3.8, 4) is 5.75 Å². The highest BCUT2D eigenvalue weighted by molar-refractivity contribution is 5.92. The van der Waals surface area contributed by atoms with Crippen LogP contribution in [-0.2, 0) is 20.9 Å². The summed E-state index contributed by atoms with van der Waals surface area (Å²) >= 11 is 0. The fraction of sp³-hybridized carbons (Fsp3) is 0.458. The molecule has 0 aliphatic carbocycles. The number of amides is 2. The fourth-order valence-corrected chi connectivity index (χ4v) is 4.43. The Labute approximate surface area is 193 Å². The monoisotopic (exact) mass is 454 g/mol. The van der Waals surface area contributed by atoms with Crippen LogP contribution in [0.4, 0.5) is 5.69 Å². The van der Waals surface area contributed by atoms with E-state index in [2.05, 4.69) is 15.6 Å². The number of fused-ring (bicyclic) bond motifs is 3. The quantitative estimate of drug-likeness (QED) is 0.551. The minimum atomic E-state index is -0.527. The normalized spacial score (nSPS) is 23.4. The smallest absolute Gasteiger partial charge is 0.238 e. The molecular weight excluding hydrogens is 424 g/mol. The number of hydrogen-bond acceptors (Lipinski definition) is 7. The van der Waals surface area contributed by atoms with Gasteiger partial charge in [0.2, 0.25) is 11.8 Å². The predicted octanol–water partition coefficient (Wildman–Crippen LogP) is 1.28. The van der Waals surface area contributed by atoms with Gasteiger partial charge >= 0.3 is 0 Å². The van der Waals surface area contributed by atoms with E-state index in [0.717, 1.165) is 16.9 Å². The van der Waals surface area contributed by atoms with Crippen molar-refractivity contribution in [2.45, 2.75) is 43.6 Å². The van der Waals surface area contributed by atoms with Crippen LogP contribution in [0.3, 0.4) is 0 Å². The molecule has 4 atom stereocenters. The maximum atomic E-state index is 12.5. The number of rotatable bonds is 8. The number of nitrogens with one attached hydrogen (secondary N) is 2. The van der Waals surface area contributed by atoms with Crippen molar-refractivity contribution in [2.75, 3.05) is 32.6 Å². The Kier molecular flexibility index (Phi) is 7.22. The molecule has 176 valence electrons. The standard InChI is InChI=1S/C24H30N4O5/c1-28(2)13-23(31)27-16-3-4-20-18(9-16)19-10-17(32-21(14-29)24(19)33-20)11-22(30)26-12-15-5-7-25-8-6-15/h3-9,17,19,21,24,29H,10-14H2,1-2H3,(H,26,30)(H,27,31)/t17-,19+,21+,24-/m1/s1. The van der Waals surface area contributed by atoms with Crippen LogP contribution in [0.15, 0.2) is 42.7 Å². The molecule has 3 heterocycles. The summed E-state index contributed by atoms with van der Waals surface area (Å²) in [4.78, 5) is 30.5. The van der Waals surface area contributed by atoms with Gasteiger partial charge in [0.05, 0.1) is 25.7 Å². The minimum absolute atomic E-state index is 0.0328. The molecule has 0 radical (unpaired) electrons. The molecule has 2 amide bonds. The van der Waals surface area contributed by atoms with Gasteiger partial charge < -0.3 is 30.1 Å². The summed E-state index contributed by atoms with van der Waals surface area (Å²) in [5, 5.41) is 15.7. The molecule has 1 aromatic carbocycles. The molecule has 4 rings (SSSR count). The number of pyridine rings is 1. The molecule has 0 bridgehead atoms. The van der Waals surface area contributed by atoms with E-state index in [4.69, 9.17) is 9.47 Å². The van der Waals surface area contributed by atoms with E-state index in [1.807, 2.05) is 44.4 Å². The second kappa shape index (κ2) is 10.3. The third kappa shape index (κ3) is 5.68. The molecular formula is C24H30N4O5. The number of aromatic nitrogens is 1. The van der Waals surface area contributed by atoms with Crippen LogP contribution >= 0.6 is 0 Å². The molecule has 2 aliphatic rings. The number of hydrogen-bond donors (Lipinski definition) is 3. The van der Waals surface area contributed by atoms with Gasteiger partial charge in [-0.05, 0) is 56.4 Å². The average Bonchev–Trinajstić information content (AvgIpc) is 3.15. The first-order chi connectivity index (χ1) is 15.9. The Morgan fingerprint density at radius 2 is 1.97 bits per heavy atom. The molecule has 1 saturated heterocycles. The Morgan fingerprint density at radius 3 is 2.70 bits per heavy atom. The molecule has 0 spiro atoms. The molecule has 2 aromatic rings. The van der Waals surface area contributed by atoms with Gasteiger partial charge in [-0.3, -0.25) is 14.6 Å². The SMILES string of the molecule is CN(C)CC(=O)Nc1ccc2c(c1)[C@@H]1C[C@H](CC(=O)NCc3ccncc3)O[C@@H](CO)[C@@H]1O2. The van der Waals surface area contributed by atoms with Crippen molar-refractivity contribution in [2.24, 2.45) is 0 Å². The van der Waals surface area contributed by atoms with E-state index in [1.165, 1.54) is 0 Å². The van der Waals surface area contributed by atoms with Crippen LogP contribution in [0.2, 0.25) is 0 Å². The minimum Gasteiger partial charge on any atom is -0.487 e. The first kappa shape index (κ1) is 23.2. The highest BCUT2D eigenvalue weighted by Crippen LogP contribution is 2.47. The summed E-state index contributed by atoms with van der Waals surface area (Å²) in [6.45, 7) is 0.513. The maximum absolute atomic E-state index is 12.5. The van der Waals surface area contributed by atoms with Gasteiger partial charge in [-0.2, -0.15) is 0 Å². The first-order valence-corrected chi connectivity index (χ1v) is 11.1. The Bertz CT molecular complexity index is 984. The van der Waals surface area contributed by atoms with E-state index in [-0.39, 0.29) is 49.5 Å². The summed E-state index contributed by atoms with van der Waals surface area (Å²) in [5.41, 5.74) is 2.63. The summed E-state index contributed by atoms with van der Waals surface area (Å²) in [6, 6.07) is 9.28. The van der Waals surface area contributed by atoms with Crippen molar-refractivity contribution in [1.29, 1.82) is 0 Å².